The molecule has 6 heteroatoms. The molecule has 1 heterocycles. The monoisotopic (exact) mass is 438 g/mol. The van der Waals surface area contributed by atoms with Crippen LogP contribution in [0.2, 0.25) is 0 Å². The number of nitrogens with one attached hydrogen (secondary N) is 2. The highest BCUT2D eigenvalue weighted by atomic mass is 16.5. The Kier molecular flexibility index (Phi) is 8.28. The van der Waals surface area contributed by atoms with E-state index in [1.807, 2.05) is 56.3 Å². The van der Waals surface area contributed by atoms with Gasteiger partial charge in [-0.15, -0.1) is 0 Å². The van der Waals surface area contributed by atoms with Crippen LogP contribution in [0.3, 0.4) is 0 Å². The maximum Gasteiger partial charge on any atom is 0.247 e. The summed E-state index contributed by atoms with van der Waals surface area (Å²) in [7, 11) is 1.65. The number of hydrogen-bond donors (Lipinski definition) is 2. The molecule has 6 nitrogen and oxygen atoms in total. The Hall–Kier alpha value is -2.86. The van der Waals surface area contributed by atoms with Crippen molar-refractivity contribution < 1.29 is 19.1 Å². The second kappa shape index (κ2) is 11.1. The van der Waals surface area contributed by atoms with Crippen molar-refractivity contribution in [2.24, 2.45) is 5.92 Å². The van der Waals surface area contributed by atoms with Crippen molar-refractivity contribution in [2.75, 3.05) is 26.9 Å². The molecule has 2 aromatic rings. The van der Waals surface area contributed by atoms with Gasteiger partial charge in [-0.25, -0.2) is 0 Å². The van der Waals surface area contributed by atoms with Crippen LogP contribution in [0.5, 0.6) is 5.75 Å². The van der Waals surface area contributed by atoms with Gasteiger partial charge in [0.1, 0.15) is 11.8 Å². The first-order valence-electron chi connectivity index (χ1n) is 11.3. The number of methoxy groups -OCH3 is 1. The molecule has 0 bridgehead atoms. The fraction of sp³-hybridized carbons (Fsp3) is 0.462. The third-order valence-corrected chi connectivity index (χ3v) is 6.05. The summed E-state index contributed by atoms with van der Waals surface area (Å²) in [4.78, 5) is 25.8. The van der Waals surface area contributed by atoms with Gasteiger partial charge in [0.2, 0.25) is 11.8 Å². The summed E-state index contributed by atoms with van der Waals surface area (Å²) in [6, 6.07) is 16.7. The number of benzene rings is 2. The SMILES string of the molecule is COc1ccc(C2(CNC(=O)C(NC(=O)CC(C)C)c3ccccc3)CCOCC2)cc1. The van der Waals surface area contributed by atoms with Crippen LogP contribution < -0.4 is 15.4 Å². The van der Waals surface area contributed by atoms with E-state index in [1.54, 1.807) is 7.11 Å². The molecule has 2 amide bonds. The molecule has 0 spiro atoms. The van der Waals surface area contributed by atoms with Crippen molar-refractivity contribution in [3.8, 4) is 5.75 Å². The predicted molar refractivity (Wildman–Crippen MR) is 125 cm³/mol. The number of carbonyl (C=O) groups is 2. The minimum atomic E-state index is -0.727. The summed E-state index contributed by atoms with van der Waals surface area (Å²) in [5.41, 5.74) is 1.71. The van der Waals surface area contributed by atoms with Crippen LogP contribution in [0.25, 0.3) is 0 Å². The van der Waals surface area contributed by atoms with Gasteiger partial charge in [-0.3, -0.25) is 9.59 Å². The van der Waals surface area contributed by atoms with Gasteiger partial charge in [0.25, 0.3) is 0 Å². The van der Waals surface area contributed by atoms with Crippen LogP contribution in [0.15, 0.2) is 54.6 Å². The second-order valence-electron chi connectivity index (χ2n) is 8.85. The molecule has 172 valence electrons. The second-order valence-corrected chi connectivity index (χ2v) is 8.85. The van der Waals surface area contributed by atoms with Gasteiger partial charge in [0.05, 0.1) is 7.11 Å². The zero-order chi connectivity index (χ0) is 23.0. The van der Waals surface area contributed by atoms with E-state index in [4.69, 9.17) is 9.47 Å². The Morgan fingerprint density at radius 1 is 1.03 bits per heavy atom. The van der Waals surface area contributed by atoms with Gasteiger partial charge in [-0.1, -0.05) is 56.3 Å². The van der Waals surface area contributed by atoms with Crippen LogP contribution in [-0.4, -0.2) is 38.7 Å². The fourth-order valence-electron chi connectivity index (χ4n) is 4.17. The first-order chi connectivity index (χ1) is 15.4. The maximum atomic E-state index is 13.3. The van der Waals surface area contributed by atoms with Crippen molar-refractivity contribution >= 4 is 11.8 Å². The molecule has 0 saturated carbocycles. The fourth-order valence-corrected chi connectivity index (χ4v) is 4.17. The lowest BCUT2D eigenvalue weighted by Crippen LogP contribution is -2.48. The summed E-state index contributed by atoms with van der Waals surface area (Å²) >= 11 is 0. The molecule has 32 heavy (non-hydrogen) atoms. The zero-order valence-corrected chi connectivity index (χ0v) is 19.2. The molecule has 1 atom stereocenters. The van der Waals surface area contributed by atoms with Crippen LogP contribution in [0, 0.1) is 5.92 Å². The number of hydrogen-bond acceptors (Lipinski definition) is 4. The Balaban J connectivity index is 1.77. The largest absolute Gasteiger partial charge is 0.497 e. The quantitative estimate of drug-likeness (QED) is 0.625. The average molecular weight is 439 g/mol. The van der Waals surface area contributed by atoms with E-state index in [1.165, 1.54) is 0 Å². The molecule has 0 aliphatic carbocycles. The summed E-state index contributed by atoms with van der Waals surface area (Å²) in [5.74, 6) is 0.694. The smallest absolute Gasteiger partial charge is 0.247 e. The van der Waals surface area contributed by atoms with Gasteiger partial charge in [-0.05, 0) is 42.0 Å². The van der Waals surface area contributed by atoms with Crippen LogP contribution in [0.1, 0.15) is 50.3 Å². The number of amides is 2. The highest BCUT2D eigenvalue weighted by Crippen LogP contribution is 2.35. The number of ether oxygens (including phenoxy) is 2. The minimum Gasteiger partial charge on any atom is -0.497 e. The Morgan fingerprint density at radius 2 is 1.69 bits per heavy atom. The molecular weight excluding hydrogens is 404 g/mol. The highest BCUT2D eigenvalue weighted by Gasteiger charge is 2.36. The normalized spacial score (nSPS) is 16.2. The first-order valence-corrected chi connectivity index (χ1v) is 11.3. The molecule has 1 fully saturated rings. The van der Waals surface area contributed by atoms with E-state index in [0.717, 1.165) is 29.7 Å². The molecule has 2 aromatic carbocycles. The summed E-state index contributed by atoms with van der Waals surface area (Å²) in [5, 5.41) is 6.06. The van der Waals surface area contributed by atoms with Crippen molar-refractivity contribution in [2.45, 2.75) is 44.6 Å². The topological polar surface area (TPSA) is 76.7 Å². The van der Waals surface area contributed by atoms with Crippen LogP contribution >= 0.6 is 0 Å². The Labute approximate surface area is 190 Å². The van der Waals surface area contributed by atoms with Gasteiger partial charge >= 0.3 is 0 Å². The Bertz CT molecular complexity index is 874. The van der Waals surface area contributed by atoms with Crippen molar-refractivity contribution in [3.63, 3.8) is 0 Å². The predicted octanol–water partition coefficient (Wildman–Crippen LogP) is 3.76. The summed E-state index contributed by atoms with van der Waals surface area (Å²) in [6.07, 6.45) is 2.01. The van der Waals surface area contributed by atoms with Gasteiger partial charge < -0.3 is 20.1 Å². The number of rotatable bonds is 9. The van der Waals surface area contributed by atoms with Gasteiger partial charge in [0.15, 0.2) is 0 Å². The molecule has 1 aliphatic heterocycles. The van der Waals surface area contributed by atoms with Crippen LogP contribution in [0.4, 0.5) is 0 Å². The third-order valence-electron chi connectivity index (χ3n) is 6.05. The summed E-state index contributed by atoms with van der Waals surface area (Å²) in [6.45, 7) is 5.75. The van der Waals surface area contributed by atoms with E-state index >= 15 is 0 Å². The molecule has 1 unspecified atom stereocenters. The molecule has 0 radical (unpaired) electrons. The van der Waals surface area contributed by atoms with Crippen LogP contribution in [-0.2, 0) is 19.7 Å². The van der Waals surface area contributed by atoms with Gasteiger partial charge in [0, 0.05) is 31.6 Å². The first kappa shape index (κ1) is 23.8. The van der Waals surface area contributed by atoms with E-state index in [9.17, 15) is 9.59 Å². The van der Waals surface area contributed by atoms with Gasteiger partial charge in [-0.2, -0.15) is 0 Å². The van der Waals surface area contributed by atoms with E-state index in [-0.39, 0.29) is 23.1 Å². The van der Waals surface area contributed by atoms with Crippen molar-refractivity contribution in [3.05, 3.63) is 65.7 Å². The Morgan fingerprint density at radius 3 is 2.28 bits per heavy atom. The van der Waals surface area contributed by atoms with E-state index < -0.39 is 6.04 Å². The van der Waals surface area contributed by atoms with E-state index in [0.29, 0.717) is 26.2 Å². The molecule has 0 aromatic heterocycles. The molecule has 2 N–H and O–H groups in total. The minimum absolute atomic E-state index is 0.125. The highest BCUT2D eigenvalue weighted by molar-refractivity contribution is 5.88. The van der Waals surface area contributed by atoms with Crippen molar-refractivity contribution in [1.29, 1.82) is 0 Å². The molecule has 1 aliphatic rings. The van der Waals surface area contributed by atoms with Crippen molar-refractivity contribution in [1.82, 2.24) is 10.6 Å². The lowest BCUT2D eigenvalue weighted by molar-refractivity contribution is -0.129. The molecule has 1 saturated heterocycles. The molecular formula is C26H34N2O4. The number of carbonyl (C=O) groups excluding carboxylic acids is 2. The lowest BCUT2D eigenvalue weighted by Gasteiger charge is -2.38. The summed E-state index contributed by atoms with van der Waals surface area (Å²) < 4.78 is 10.9. The average Bonchev–Trinajstić information content (AvgIpc) is 2.82. The molecule has 3 rings (SSSR count). The zero-order valence-electron chi connectivity index (χ0n) is 19.2. The van der Waals surface area contributed by atoms with E-state index in [2.05, 4.69) is 22.8 Å². The third kappa shape index (κ3) is 6.10. The maximum absolute atomic E-state index is 13.3. The lowest BCUT2D eigenvalue weighted by atomic mass is 9.74. The standard InChI is InChI=1S/C26H34N2O4/c1-19(2)17-23(29)28-24(20-7-5-4-6-8-20)25(30)27-18-26(13-15-32-16-14-26)21-9-11-22(31-3)12-10-21/h4-12,19,24H,13-18H2,1-3H3,(H,27,30)(H,28,29).